The van der Waals surface area contributed by atoms with Crippen molar-refractivity contribution in [1.29, 1.82) is 0 Å². The second kappa shape index (κ2) is 8.11. The Balaban J connectivity index is 1.04. The topological polar surface area (TPSA) is 99.2 Å². The number of nitrogens with zero attached hydrogens (tertiary/aromatic N) is 1. The summed E-state index contributed by atoms with van der Waals surface area (Å²) in [6, 6.07) is 3.96. The van der Waals surface area contributed by atoms with Crippen molar-refractivity contribution in [3.63, 3.8) is 0 Å². The quantitative estimate of drug-likeness (QED) is 0.0983. The zero-order chi connectivity index (χ0) is 51.6. The van der Waals surface area contributed by atoms with Crippen LogP contribution in [0.4, 0.5) is 0 Å². The minimum absolute atomic E-state index is 0.0608. The van der Waals surface area contributed by atoms with E-state index in [-0.39, 0.29) is 11.1 Å². The Labute approximate surface area is 452 Å². The van der Waals surface area contributed by atoms with Crippen LogP contribution in [0.25, 0.3) is 291 Å². The van der Waals surface area contributed by atoms with Crippen molar-refractivity contribution in [2.75, 3.05) is 21.3 Å². The molecule has 1 saturated heterocycles. The van der Waals surface area contributed by atoms with Gasteiger partial charge in [0.1, 0.15) is 12.1 Å². The molecule has 0 unspecified atom stereocenters. The monoisotopic (exact) mass is 1040 g/mol. The third-order valence-electron chi connectivity index (χ3n) is 27.5. The Morgan fingerprint density at radius 1 is 0.277 bits per heavy atom. The van der Waals surface area contributed by atoms with Crippen LogP contribution in [-0.4, -0.2) is 62.1 Å². The summed E-state index contributed by atoms with van der Waals surface area (Å²) in [6.07, 6.45) is 0. The first-order valence-electron chi connectivity index (χ1n) is 29.4. The molecule has 8 nitrogen and oxygen atoms in total. The lowest BCUT2D eigenvalue weighted by Crippen LogP contribution is -2.59. The van der Waals surface area contributed by atoms with Gasteiger partial charge >= 0.3 is 17.9 Å². The molecule has 0 radical (unpaired) electrons. The highest BCUT2D eigenvalue weighted by Crippen LogP contribution is 2.87. The van der Waals surface area contributed by atoms with Crippen molar-refractivity contribution >= 4 is 315 Å². The maximum absolute atomic E-state index is 17.1. The van der Waals surface area contributed by atoms with Crippen LogP contribution >= 0.6 is 0 Å². The van der Waals surface area contributed by atoms with Crippen molar-refractivity contribution in [2.24, 2.45) is 0 Å². The first kappa shape index (κ1) is 34.0. The molecule has 0 N–H and O–H groups in total. The van der Waals surface area contributed by atoms with E-state index in [1.807, 2.05) is 0 Å². The molecule has 0 aromatic heterocycles. The molecular weight excluding hydrogens is 1030 g/mol. The van der Waals surface area contributed by atoms with Crippen LogP contribution in [0.15, 0.2) is 24.3 Å². The molecule has 34 rings (SSSR count). The van der Waals surface area contributed by atoms with Gasteiger partial charge < -0.3 is 19.1 Å². The van der Waals surface area contributed by atoms with Gasteiger partial charge in [0.15, 0.2) is 0 Å². The van der Waals surface area contributed by atoms with Crippen molar-refractivity contribution in [3.8, 4) is 0 Å². The molecule has 4 aliphatic carbocycles. The van der Waals surface area contributed by atoms with Gasteiger partial charge in [-0.05, 0) is 325 Å². The summed E-state index contributed by atoms with van der Waals surface area (Å²) in [6.45, 7) is 0. The molecule has 1 aliphatic heterocycles. The number of rotatable bonds is 4. The summed E-state index contributed by atoms with van der Waals surface area (Å²) in [5, 5.41) is 74.4. The number of carbonyl (C=O) groups excluding carboxylic acids is 4. The highest BCUT2D eigenvalue weighted by molar-refractivity contribution is 6.82. The third kappa shape index (κ3) is 1.97. The number of hydrogen-bond donors (Lipinski definition) is 0. The number of esters is 3. The lowest BCUT2D eigenvalue weighted by atomic mass is 9.46. The van der Waals surface area contributed by atoms with Crippen molar-refractivity contribution in [2.45, 2.75) is 22.9 Å². The summed E-state index contributed by atoms with van der Waals surface area (Å²) in [5.41, 5.74) is 1.63. The standard InChI is InChI=1S/C75H15NO7/c1-81-71(78)9-7-5-4-6-8(9)70(77)76-68(72(79)82-2)74-64-56-48-38-28-20-12-10-11-14-18-16(12)24-32-26(18)36-30-22(14)23-15(11)19-17-13(10)21(20)29-35-25(17)33-27(19)37-31(23)41-40(30)50-44(36)54-46(32)52(42(48)34(24)28)60(64)62(54)66-58(50)59-51(41)45(37)55-47(33)53-43(35)49(39(29)38)57(56)65(74)61(53)63(55)67(59)75(66,74)69(76)73(80)83-3/h4-7,68-69H,1-3H3/t68-,69+,74?,75?. The van der Waals surface area contributed by atoms with Crippen LogP contribution in [0.1, 0.15) is 43.0 Å². The third-order valence-corrected chi connectivity index (χ3v) is 27.5. The van der Waals surface area contributed by atoms with E-state index in [1.165, 1.54) is 312 Å². The summed E-state index contributed by atoms with van der Waals surface area (Å²) >= 11 is 0. The maximum Gasteiger partial charge on any atom is 0.338 e. The number of methoxy groups -OCH3 is 3. The lowest BCUT2D eigenvalue weighted by molar-refractivity contribution is -0.150. The fourth-order valence-corrected chi connectivity index (χ4v) is 27.0. The Kier molecular flexibility index (Phi) is 3.32. The predicted octanol–water partition coefficient (Wildman–Crippen LogP) is 16.3. The van der Waals surface area contributed by atoms with Crippen LogP contribution in [0.3, 0.4) is 0 Å². The molecular formula is C75H15NO7. The molecule has 1 heterocycles. The SMILES string of the molecule is COC(=O)c1ccccc1C(=O)N1[C@@H](C(=O)OC)C23c4c5c6c7c8c9c(c%10c%11c2c2c4c4c%12c5c5c6c6c8c8c%13c9c9c%10c%10c%11c%11c2c2c4c4c%12c%12c5c5c6c8c6c8c%13c9c9c%10c%10c%11c2c2c4c4c%12c5c6c5c8c9c%10c2c45)C73[C@H]1C(=O)OC. The fourth-order valence-electron chi connectivity index (χ4n) is 27.0. The summed E-state index contributed by atoms with van der Waals surface area (Å²) < 4.78 is 18.2. The van der Waals surface area contributed by atoms with E-state index in [2.05, 4.69) is 0 Å². The second-order valence-corrected chi connectivity index (χ2v) is 28.0. The number of amides is 1. The van der Waals surface area contributed by atoms with Gasteiger partial charge in [-0.3, -0.25) is 4.79 Å². The first-order chi connectivity index (χ1) is 41.0. The number of ether oxygens (including phenoxy) is 3. The zero-order valence-electron chi connectivity index (χ0n) is 42.8. The zero-order valence-corrected chi connectivity index (χ0v) is 42.8. The Morgan fingerprint density at radius 2 is 0.458 bits per heavy atom. The molecule has 0 saturated carbocycles. The Bertz CT molecular complexity index is 7450. The van der Waals surface area contributed by atoms with E-state index in [1.54, 1.807) is 29.2 Å². The van der Waals surface area contributed by atoms with E-state index in [4.69, 9.17) is 14.2 Å². The molecule has 29 aromatic rings. The van der Waals surface area contributed by atoms with Gasteiger partial charge in [-0.2, -0.15) is 0 Å². The second-order valence-electron chi connectivity index (χ2n) is 28.0. The van der Waals surface area contributed by atoms with Gasteiger partial charge in [-0.1, -0.05) is 12.1 Å². The van der Waals surface area contributed by atoms with E-state index >= 15 is 14.4 Å². The highest BCUT2D eigenvalue weighted by atomic mass is 16.5. The number of hydrogen-bond acceptors (Lipinski definition) is 7. The predicted molar refractivity (Wildman–Crippen MR) is 329 cm³/mol. The molecule has 1 fully saturated rings. The summed E-state index contributed by atoms with van der Waals surface area (Å²) in [7, 11) is 4.23. The van der Waals surface area contributed by atoms with Crippen LogP contribution in [0, 0.1) is 0 Å². The Hall–Kier alpha value is -10.4. The first-order valence-corrected chi connectivity index (χ1v) is 29.4. The van der Waals surface area contributed by atoms with Gasteiger partial charge in [0, 0.05) is 0 Å². The molecule has 2 atom stereocenters. The van der Waals surface area contributed by atoms with Crippen LogP contribution < -0.4 is 0 Å². The minimum atomic E-state index is -1.43. The molecule has 0 bridgehead atoms. The summed E-state index contributed by atoms with van der Waals surface area (Å²) in [4.78, 5) is 66.4. The van der Waals surface area contributed by atoms with Gasteiger partial charge in [0.05, 0.1) is 43.3 Å². The minimum Gasteiger partial charge on any atom is -0.467 e. The van der Waals surface area contributed by atoms with E-state index in [0.29, 0.717) is 0 Å². The van der Waals surface area contributed by atoms with E-state index in [0.717, 1.165) is 22.3 Å². The highest BCUT2D eigenvalue weighted by Gasteiger charge is 2.83. The molecule has 5 aliphatic rings. The van der Waals surface area contributed by atoms with E-state index in [9.17, 15) is 4.79 Å². The van der Waals surface area contributed by atoms with Gasteiger partial charge in [0.25, 0.3) is 5.91 Å². The molecule has 2 spiro atoms. The fraction of sp³-hybridized carbons (Fsp3) is 0.0933. The van der Waals surface area contributed by atoms with Crippen LogP contribution in [0.2, 0.25) is 0 Å². The molecule has 8 heteroatoms. The molecule has 83 heavy (non-hydrogen) atoms. The van der Waals surface area contributed by atoms with E-state index < -0.39 is 46.7 Å². The smallest absolute Gasteiger partial charge is 0.338 e. The molecule has 362 valence electrons. The summed E-state index contributed by atoms with van der Waals surface area (Å²) in [5.74, 6) is -2.45. The van der Waals surface area contributed by atoms with Crippen molar-refractivity contribution < 1.29 is 33.4 Å². The van der Waals surface area contributed by atoms with Gasteiger partial charge in [0.2, 0.25) is 0 Å². The average Bonchev–Trinajstić information content (AvgIpc) is 1.38. The van der Waals surface area contributed by atoms with Crippen molar-refractivity contribution in [1.82, 2.24) is 4.90 Å². The molecule has 1 amide bonds. The number of carbonyl (C=O) groups is 4. The molecule has 29 aromatic carbocycles. The van der Waals surface area contributed by atoms with Crippen LogP contribution in [0.5, 0.6) is 0 Å². The lowest BCUT2D eigenvalue weighted by Gasteiger charge is -2.51. The number of benzene rings is 19. The van der Waals surface area contributed by atoms with Crippen molar-refractivity contribution in [3.05, 3.63) is 57.6 Å². The average molecular weight is 1040 g/mol. The number of likely N-dealkylation sites (tertiary alicyclic amines) is 1. The van der Waals surface area contributed by atoms with Crippen LogP contribution in [-0.2, 0) is 34.6 Å². The van der Waals surface area contributed by atoms with Gasteiger partial charge in [-0.15, -0.1) is 0 Å². The Morgan fingerprint density at radius 3 is 0.639 bits per heavy atom. The largest absolute Gasteiger partial charge is 0.467 e. The van der Waals surface area contributed by atoms with Gasteiger partial charge in [-0.25, -0.2) is 14.4 Å². The maximum atomic E-state index is 17.1. The normalized spacial score (nSPS) is 22.4.